The van der Waals surface area contributed by atoms with E-state index >= 15 is 0 Å². The fourth-order valence-corrected chi connectivity index (χ4v) is 6.39. The summed E-state index contributed by atoms with van der Waals surface area (Å²) < 4.78 is 16.6. The maximum atomic E-state index is 12.4. The standard InChI is InChI=1S/C30H31ClN6O3S/c1-18(21-6-4-5-7-23(21)31)39-27-14-28(41-29(27)30(32)38)37-17-33-24-12-22(19-15-34-36(3)16-19)26(13-25(24)37)40-20-8-10-35(2)11-9-20/h4-7,12-18,20H,8-11H2,1-3H3,(H2,32,38)/t18-/m1/s1. The Hall–Kier alpha value is -3.86. The van der Waals surface area contributed by atoms with E-state index in [0.29, 0.717) is 15.6 Å². The number of amides is 1. The van der Waals surface area contributed by atoms with E-state index in [1.54, 1.807) is 11.0 Å². The molecule has 2 N–H and O–H groups in total. The summed E-state index contributed by atoms with van der Waals surface area (Å²) in [7, 11) is 4.03. The lowest BCUT2D eigenvalue weighted by Crippen LogP contribution is -2.35. The lowest BCUT2D eigenvalue weighted by atomic mass is 10.1. The van der Waals surface area contributed by atoms with Crippen molar-refractivity contribution in [3.05, 3.63) is 76.6 Å². The molecule has 9 nitrogen and oxygen atoms in total. The molecular weight excluding hydrogens is 560 g/mol. The van der Waals surface area contributed by atoms with E-state index < -0.39 is 5.91 Å². The third kappa shape index (κ3) is 5.55. The Bertz CT molecular complexity index is 1720. The highest BCUT2D eigenvalue weighted by molar-refractivity contribution is 7.16. The zero-order valence-corrected chi connectivity index (χ0v) is 24.7. The predicted octanol–water partition coefficient (Wildman–Crippen LogP) is 5.85. The Morgan fingerprint density at radius 1 is 1.15 bits per heavy atom. The van der Waals surface area contributed by atoms with Crippen molar-refractivity contribution in [3.63, 3.8) is 0 Å². The van der Waals surface area contributed by atoms with Gasteiger partial charge >= 0.3 is 0 Å². The number of nitrogens with zero attached hydrogens (tertiary/aromatic N) is 5. The van der Waals surface area contributed by atoms with E-state index in [0.717, 1.165) is 64.4 Å². The van der Waals surface area contributed by atoms with Gasteiger partial charge in [-0.05, 0) is 38.9 Å². The Kier molecular flexibility index (Phi) is 7.46. The number of hydrogen-bond donors (Lipinski definition) is 1. The van der Waals surface area contributed by atoms with Crippen LogP contribution >= 0.6 is 22.9 Å². The molecule has 41 heavy (non-hydrogen) atoms. The van der Waals surface area contributed by atoms with Crippen molar-refractivity contribution in [2.75, 3.05) is 20.1 Å². The lowest BCUT2D eigenvalue weighted by molar-refractivity contribution is 0.0998. The number of likely N-dealkylation sites (tertiary alicyclic amines) is 1. The van der Waals surface area contributed by atoms with Crippen LogP contribution < -0.4 is 15.2 Å². The quantitative estimate of drug-likeness (QED) is 0.243. The van der Waals surface area contributed by atoms with Gasteiger partial charge in [0.15, 0.2) is 0 Å². The third-order valence-electron chi connectivity index (χ3n) is 7.42. The van der Waals surface area contributed by atoms with Gasteiger partial charge in [-0.1, -0.05) is 29.8 Å². The van der Waals surface area contributed by atoms with Gasteiger partial charge < -0.3 is 20.1 Å². The van der Waals surface area contributed by atoms with Crippen LogP contribution in [0.15, 0.2) is 61.2 Å². The van der Waals surface area contributed by atoms with Crippen LogP contribution in [0.2, 0.25) is 5.02 Å². The van der Waals surface area contributed by atoms with Gasteiger partial charge in [0.1, 0.15) is 39.9 Å². The number of ether oxygens (including phenoxy) is 2. The molecule has 0 saturated carbocycles. The number of rotatable bonds is 8. The second kappa shape index (κ2) is 11.2. The zero-order chi connectivity index (χ0) is 28.7. The molecule has 1 atom stereocenters. The van der Waals surface area contributed by atoms with Crippen LogP contribution in [0.5, 0.6) is 11.5 Å². The predicted molar refractivity (Wildman–Crippen MR) is 161 cm³/mol. The molecule has 3 aromatic heterocycles. The molecule has 1 amide bonds. The molecule has 0 spiro atoms. The molecule has 212 valence electrons. The largest absolute Gasteiger partial charge is 0.490 e. The van der Waals surface area contributed by atoms with Crippen molar-refractivity contribution in [1.82, 2.24) is 24.2 Å². The van der Waals surface area contributed by atoms with E-state index in [1.807, 2.05) is 73.4 Å². The second-order valence-corrected chi connectivity index (χ2v) is 11.8. The van der Waals surface area contributed by atoms with Crippen molar-refractivity contribution in [2.24, 2.45) is 12.8 Å². The number of carbonyl (C=O) groups excluding carboxylic acids is 1. The molecule has 1 fully saturated rings. The highest BCUT2D eigenvalue weighted by Gasteiger charge is 2.24. The molecule has 6 rings (SSSR count). The number of carbonyl (C=O) groups is 1. The summed E-state index contributed by atoms with van der Waals surface area (Å²) in [5.74, 6) is 0.621. The summed E-state index contributed by atoms with van der Waals surface area (Å²) in [5.41, 5.74) is 10.1. The van der Waals surface area contributed by atoms with Crippen molar-refractivity contribution in [1.29, 1.82) is 0 Å². The summed E-state index contributed by atoms with van der Waals surface area (Å²) in [6.45, 7) is 3.88. The summed E-state index contributed by atoms with van der Waals surface area (Å²) in [6.07, 6.45) is 7.19. The minimum Gasteiger partial charge on any atom is -0.490 e. The minimum absolute atomic E-state index is 0.116. The van der Waals surface area contributed by atoms with E-state index in [4.69, 9.17) is 31.8 Å². The summed E-state index contributed by atoms with van der Waals surface area (Å²) in [5, 5.41) is 5.72. The molecule has 0 bridgehead atoms. The first kappa shape index (κ1) is 27.3. The molecule has 0 unspecified atom stereocenters. The molecule has 4 heterocycles. The maximum absolute atomic E-state index is 12.4. The van der Waals surface area contributed by atoms with E-state index in [9.17, 15) is 4.79 Å². The van der Waals surface area contributed by atoms with E-state index in [-0.39, 0.29) is 12.2 Å². The van der Waals surface area contributed by atoms with Gasteiger partial charge in [0.05, 0.1) is 17.2 Å². The first-order valence-electron chi connectivity index (χ1n) is 13.5. The van der Waals surface area contributed by atoms with Crippen LogP contribution in [0.1, 0.15) is 41.1 Å². The van der Waals surface area contributed by atoms with Gasteiger partial charge in [-0.3, -0.25) is 14.0 Å². The van der Waals surface area contributed by atoms with Crippen molar-refractivity contribution >= 4 is 39.9 Å². The van der Waals surface area contributed by atoms with E-state index in [2.05, 4.69) is 17.0 Å². The van der Waals surface area contributed by atoms with Gasteiger partial charge in [0, 0.05) is 60.2 Å². The minimum atomic E-state index is -0.558. The molecule has 5 aromatic rings. The van der Waals surface area contributed by atoms with Crippen molar-refractivity contribution < 1.29 is 14.3 Å². The SMILES string of the molecule is C[C@@H](Oc1cc(-n2cnc3cc(-c4cnn(C)c4)c(OC4CCN(C)CC4)cc32)sc1C(N)=O)c1ccccc1Cl. The number of benzene rings is 2. The Morgan fingerprint density at radius 3 is 2.63 bits per heavy atom. The van der Waals surface area contributed by atoms with Crippen molar-refractivity contribution in [2.45, 2.75) is 32.0 Å². The number of imidazole rings is 1. The van der Waals surface area contributed by atoms with Crippen LogP contribution in [-0.2, 0) is 7.05 Å². The maximum Gasteiger partial charge on any atom is 0.262 e. The molecule has 11 heteroatoms. The zero-order valence-electron chi connectivity index (χ0n) is 23.1. The van der Waals surface area contributed by atoms with Crippen LogP contribution in [0.3, 0.4) is 0 Å². The number of piperidine rings is 1. The number of halogens is 1. The van der Waals surface area contributed by atoms with E-state index in [1.165, 1.54) is 11.3 Å². The smallest absolute Gasteiger partial charge is 0.262 e. The lowest BCUT2D eigenvalue weighted by Gasteiger charge is -2.30. The Balaban J connectivity index is 1.39. The highest BCUT2D eigenvalue weighted by Crippen LogP contribution is 2.40. The molecule has 1 aliphatic rings. The topological polar surface area (TPSA) is 100 Å². The number of aromatic nitrogens is 4. The molecule has 1 saturated heterocycles. The Morgan fingerprint density at radius 2 is 1.93 bits per heavy atom. The van der Waals surface area contributed by atoms with Gasteiger partial charge in [-0.15, -0.1) is 11.3 Å². The van der Waals surface area contributed by atoms with Crippen LogP contribution in [0.4, 0.5) is 0 Å². The molecule has 0 radical (unpaired) electrons. The van der Waals surface area contributed by atoms with Gasteiger partial charge in [-0.2, -0.15) is 5.10 Å². The number of hydrogen-bond acceptors (Lipinski definition) is 7. The monoisotopic (exact) mass is 590 g/mol. The normalized spacial score (nSPS) is 15.3. The second-order valence-electron chi connectivity index (χ2n) is 10.4. The summed E-state index contributed by atoms with van der Waals surface area (Å²) >= 11 is 7.65. The number of nitrogens with two attached hydrogens (primary N) is 1. The van der Waals surface area contributed by atoms with Gasteiger partial charge in [0.25, 0.3) is 5.91 Å². The molecule has 2 aromatic carbocycles. The van der Waals surface area contributed by atoms with Crippen molar-refractivity contribution in [3.8, 4) is 27.6 Å². The average molecular weight is 591 g/mol. The van der Waals surface area contributed by atoms with Gasteiger partial charge in [0.2, 0.25) is 0 Å². The average Bonchev–Trinajstić information content (AvgIpc) is 3.68. The Labute approximate surface area is 247 Å². The van der Waals surface area contributed by atoms with Crippen LogP contribution in [0, 0.1) is 0 Å². The first-order valence-corrected chi connectivity index (χ1v) is 14.7. The fourth-order valence-electron chi connectivity index (χ4n) is 5.18. The van der Waals surface area contributed by atoms with Crippen LogP contribution in [0.25, 0.3) is 27.2 Å². The number of primary amides is 1. The number of thiophene rings is 1. The first-order chi connectivity index (χ1) is 19.8. The summed E-state index contributed by atoms with van der Waals surface area (Å²) in [4.78, 5) is 19.8. The molecular formula is C30H31ClN6O3S. The van der Waals surface area contributed by atoms with Gasteiger partial charge in [-0.25, -0.2) is 4.98 Å². The number of aryl methyl sites for hydroxylation is 1. The molecule has 1 aliphatic heterocycles. The fraction of sp³-hybridized carbons (Fsp3) is 0.300. The molecule has 0 aliphatic carbocycles. The van der Waals surface area contributed by atoms with Crippen LogP contribution in [-0.4, -0.2) is 56.4 Å². The third-order valence-corrected chi connectivity index (χ3v) is 8.89. The highest BCUT2D eigenvalue weighted by atomic mass is 35.5. The number of fused-ring (bicyclic) bond motifs is 1. The summed E-state index contributed by atoms with van der Waals surface area (Å²) in [6, 6.07) is 13.4.